The number of hydrogen-bond acceptors (Lipinski definition) is 6. The van der Waals surface area contributed by atoms with Gasteiger partial charge in [0.05, 0.1) is 11.8 Å². The predicted octanol–water partition coefficient (Wildman–Crippen LogP) is 0.572. The zero-order chi connectivity index (χ0) is 16.0. The van der Waals surface area contributed by atoms with E-state index < -0.39 is 22.4 Å². The van der Waals surface area contributed by atoms with Gasteiger partial charge < -0.3 is 15.7 Å². The maximum atomic E-state index is 11.7. The first-order chi connectivity index (χ1) is 9.73. The van der Waals surface area contributed by atoms with Crippen LogP contribution in [0.4, 0.5) is 10.5 Å². The van der Waals surface area contributed by atoms with Gasteiger partial charge in [0.2, 0.25) is 0 Å². The van der Waals surface area contributed by atoms with Crippen molar-refractivity contribution in [1.82, 2.24) is 4.72 Å². The fourth-order valence-corrected chi connectivity index (χ4v) is 2.08. The molecule has 10 heteroatoms. The second kappa shape index (κ2) is 6.79. The van der Waals surface area contributed by atoms with Crippen molar-refractivity contribution in [2.75, 3.05) is 4.72 Å². The lowest BCUT2D eigenvalue weighted by atomic mass is 10.2. The first kappa shape index (κ1) is 16.6. The van der Waals surface area contributed by atoms with Crippen LogP contribution in [-0.2, 0) is 14.9 Å². The zero-order valence-electron chi connectivity index (χ0n) is 11.4. The summed E-state index contributed by atoms with van der Waals surface area (Å²) in [6.07, 6.45) is -1.55. The molecule has 5 N–H and O–H groups in total. The van der Waals surface area contributed by atoms with E-state index in [1.54, 1.807) is 18.6 Å². The van der Waals surface area contributed by atoms with Crippen molar-refractivity contribution in [3.63, 3.8) is 0 Å². The third-order valence-corrected chi connectivity index (χ3v) is 3.02. The minimum atomic E-state index is -4.15. The van der Waals surface area contributed by atoms with Crippen LogP contribution in [0.5, 0.6) is 0 Å². The van der Waals surface area contributed by atoms with Crippen LogP contribution in [0.15, 0.2) is 29.4 Å². The highest BCUT2D eigenvalue weighted by Crippen LogP contribution is 2.11. The van der Waals surface area contributed by atoms with E-state index in [2.05, 4.69) is 14.6 Å². The van der Waals surface area contributed by atoms with Crippen LogP contribution in [0, 0.1) is 0 Å². The fraction of sp³-hybridized carbons (Fsp3) is 0.273. The molecule has 0 heterocycles. The van der Waals surface area contributed by atoms with Gasteiger partial charge in [0.1, 0.15) is 0 Å². The molecule has 116 valence electrons. The summed E-state index contributed by atoms with van der Waals surface area (Å²) in [7, 11) is -4.15. The van der Waals surface area contributed by atoms with Crippen molar-refractivity contribution in [2.24, 2.45) is 10.9 Å². The number of carbonyl (C=O) groups is 1. The average Bonchev–Trinajstić information content (AvgIpc) is 2.35. The summed E-state index contributed by atoms with van der Waals surface area (Å²) in [5.74, 6) is -0.178. The Morgan fingerprint density at radius 1 is 1.43 bits per heavy atom. The highest BCUT2D eigenvalue weighted by molar-refractivity contribution is 7.91. The molecule has 0 aliphatic heterocycles. The Bertz CT molecular complexity index is 642. The minimum absolute atomic E-state index is 0.129. The SMILES string of the molecule is CC(C)OC(=O)NS(=O)(=O)Nc1cccc(/C(N)=N/O)c1. The van der Waals surface area contributed by atoms with Crippen LogP contribution in [-0.4, -0.2) is 31.7 Å². The number of nitrogens with one attached hydrogen (secondary N) is 2. The summed E-state index contributed by atoms with van der Waals surface area (Å²) in [5.41, 5.74) is 5.83. The number of amidine groups is 1. The van der Waals surface area contributed by atoms with Gasteiger partial charge in [-0.05, 0) is 26.0 Å². The monoisotopic (exact) mass is 316 g/mol. The molecule has 21 heavy (non-hydrogen) atoms. The Morgan fingerprint density at radius 3 is 2.67 bits per heavy atom. The summed E-state index contributed by atoms with van der Waals surface area (Å²) >= 11 is 0. The molecular formula is C11H16N4O5S. The van der Waals surface area contributed by atoms with Gasteiger partial charge in [-0.15, -0.1) is 0 Å². The molecule has 0 aliphatic rings. The third-order valence-electron chi connectivity index (χ3n) is 2.08. The number of benzene rings is 1. The number of carbonyl (C=O) groups excluding carboxylic acids is 1. The third kappa shape index (κ3) is 5.57. The molecule has 0 aliphatic carbocycles. The fourth-order valence-electron chi connectivity index (χ4n) is 1.33. The van der Waals surface area contributed by atoms with Crippen molar-refractivity contribution in [1.29, 1.82) is 0 Å². The van der Waals surface area contributed by atoms with Gasteiger partial charge >= 0.3 is 16.3 Å². The quantitative estimate of drug-likeness (QED) is 0.271. The lowest BCUT2D eigenvalue weighted by Gasteiger charge is -2.12. The summed E-state index contributed by atoms with van der Waals surface area (Å²) in [6.45, 7) is 3.17. The van der Waals surface area contributed by atoms with Gasteiger partial charge in [0, 0.05) is 5.56 Å². The number of ether oxygens (including phenoxy) is 1. The first-order valence-electron chi connectivity index (χ1n) is 5.82. The van der Waals surface area contributed by atoms with Crippen LogP contribution in [0.2, 0.25) is 0 Å². The first-order valence-corrected chi connectivity index (χ1v) is 7.31. The average molecular weight is 316 g/mol. The van der Waals surface area contributed by atoms with E-state index in [0.717, 1.165) is 0 Å². The second-order valence-electron chi connectivity index (χ2n) is 4.23. The predicted molar refractivity (Wildman–Crippen MR) is 76.2 cm³/mol. The number of nitrogens with zero attached hydrogens (tertiary/aromatic N) is 1. The van der Waals surface area contributed by atoms with E-state index in [-0.39, 0.29) is 11.5 Å². The van der Waals surface area contributed by atoms with Crippen molar-refractivity contribution < 1.29 is 23.2 Å². The van der Waals surface area contributed by atoms with Gasteiger partial charge in [-0.1, -0.05) is 17.3 Å². The van der Waals surface area contributed by atoms with Gasteiger partial charge in [-0.25, -0.2) is 9.52 Å². The molecule has 0 aromatic heterocycles. The van der Waals surface area contributed by atoms with E-state index in [9.17, 15) is 13.2 Å². The molecule has 0 spiro atoms. The Hall–Kier alpha value is -2.49. The Labute approximate surface area is 122 Å². The molecule has 1 rings (SSSR count). The molecule has 0 unspecified atom stereocenters. The standard InChI is InChI=1S/C11H16N4O5S/c1-7(2)20-11(16)15-21(18,19)14-9-5-3-4-8(6-9)10(12)13-17/h3-7,14,17H,1-2H3,(H2,12,13)(H,15,16). The van der Waals surface area contributed by atoms with Crippen molar-refractivity contribution in [3.8, 4) is 0 Å². The summed E-state index contributed by atoms with van der Waals surface area (Å²) in [5, 5.41) is 11.4. The van der Waals surface area contributed by atoms with E-state index in [1.807, 2.05) is 0 Å². The molecule has 0 bridgehead atoms. The second-order valence-corrected chi connectivity index (χ2v) is 5.64. The summed E-state index contributed by atoms with van der Waals surface area (Å²) < 4.78 is 31.9. The Morgan fingerprint density at radius 2 is 2.10 bits per heavy atom. The van der Waals surface area contributed by atoms with Crippen LogP contribution in [0.25, 0.3) is 0 Å². The highest BCUT2D eigenvalue weighted by atomic mass is 32.2. The van der Waals surface area contributed by atoms with Crippen LogP contribution in [0.3, 0.4) is 0 Å². The number of nitrogens with two attached hydrogens (primary N) is 1. The molecule has 1 aromatic carbocycles. The molecule has 0 fully saturated rings. The normalized spacial score (nSPS) is 12.0. The zero-order valence-corrected chi connectivity index (χ0v) is 12.2. The lowest BCUT2D eigenvalue weighted by Crippen LogP contribution is -2.36. The maximum absolute atomic E-state index is 11.7. The number of anilines is 1. The number of amides is 1. The number of rotatable bonds is 5. The molecule has 0 saturated heterocycles. The van der Waals surface area contributed by atoms with E-state index >= 15 is 0 Å². The van der Waals surface area contributed by atoms with Gasteiger partial charge in [0.15, 0.2) is 5.84 Å². The molecule has 1 amide bonds. The maximum Gasteiger partial charge on any atom is 0.422 e. The van der Waals surface area contributed by atoms with Gasteiger partial charge in [0.25, 0.3) is 0 Å². The number of oxime groups is 1. The Kier molecular flexibility index (Phi) is 5.36. The molecular weight excluding hydrogens is 300 g/mol. The molecule has 0 atom stereocenters. The van der Waals surface area contributed by atoms with E-state index in [4.69, 9.17) is 10.9 Å². The highest BCUT2D eigenvalue weighted by Gasteiger charge is 2.16. The minimum Gasteiger partial charge on any atom is -0.446 e. The van der Waals surface area contributed by atoms with Crippen molar-refractivity contribution in [3.05, 3.63) is 29.8 Å². The number of hydrogen-bond donors (Lipinski definition) is 4. The summed E-state index contributed by atoms with van der Waals surface area (Å²) in [4.78, 5) is 11.3. The van der Waals surface area contributed by atoms with E-state index in [0.29, 0.717) is 5.56 Å². The van der Waals surface area contributed by atoms with Crippen molar-refractivity contribution in [2.45, 2.75) is 20.0 Å². The Balaban J connectivity index is 2.82. The van der Waals surface area contributed by atoms with Crippen LogP contribution < -0.4 is 15.2 Å². The van der Waals surface area contributed by atoms with Gasteiger partial charge in [-0.3, -0.25) is 4.72 Å². The molecule has 1 aromatic rings. The summed E-state index contributed by atoms with van der Waals surface area (Å²) in [6, 6.07) is 5.79. The molecule has 0 radical (unpaired) electrons. The molecule has 0 saturated carbocycles. The van der Waals surface area contributed by atoms with E-state index in [1.165, 1.54) is 24.3 Å². The van der Waals surface area contributed by atoms with Gasteiger partial charge in [-0.2, -0.15) is 8.42 Å². The largest absolute Gasteiger partial charge is 0.446 e. The lowest BCUT2D eigenvalue weighted by molar-refractivity contribution is 0.121. The van der Waals surface area contributed by atoms with Crippen LogP contribution >= 0.6 is 0 Å². The van der Waals surface area contributed by atoms with Crippen LogP contribution in [0.1, 0.15) is 19.4 Å². The van der Waals surface area contributed by atoms with Crippen molar-refractivity contribution >= 4 is 27.8 Å². The molecule has 9 nitrogen and oxygen atoms in total. The topological polar surface area (TPSA) is 143 Å². The smallest absolute Gasteiger partial charge is 0.422 e.